The molecule has 0 unspecified atom stereocenters. The van der Waals surface area contributed by atoms with E-state index in [1.54, 1.807) is 68.3 Å². The monoisotopic (exact) mass is 392 g/mol. The van der Waals surface area contributed by atoms with Crippen LogP contribution < -0.4 is 15.0 Å². The highest BCUT2D eigenvalue weighted by Crippen LogP contribution is 2.35. The summed E-state index contributed by atoms with van der Waals surface area (Å²) in [5, 5.41) is 10.9. The smallest absolute Gasteiger partial charge is 0.335 e. The number of carbonyl (C=O) groups is 1. The third-order valence-electron chi connectivity index (χ3n) is 5.29. The van der Waals surface area contributed by atoms with E-state index in [0.29, 0.717) is 28.3 Å². The highest BCUT2D eigenvalue weighted by molar-refractivity contribution is 6.10. The van der Waals surface area contributed by atoms with Crippen LogP contribution in [0.4, 0.5) is 0 Å². The molecule has 0 spiro atoms. The summed E-state index contributed by atoms with van der Waals surface area (Å²) in [4.78, 5) is 24.6. The van der Waals surface area contributed by atoms with Gasteiger partial charge in [0.2, 0.25) is 0 Å². The van der Waals surface area contributed by atoms with Crippen molar-refractivity contribution >= 4 is 27.9 Å². The van der Waals surface area contributed by atoms with Crippen LogP contribution in [0.2, 0.25) is 0 Å². The number of pyridine rings is 1. The van der Waals surface area contributed by atoms with E-state index in [4.69, 9.17) is 9.47 Å². The normalized spacial score (nSPS) is 11.2. The number of hydrogen-bond acceptors (Lipinski definition) is 4. The first kappa shape index (κ1) is 18.6. The number of fused-ring (bicyclic) bond motifs is 3. The Morgan fingerprint density at radius 1 is 0.897 bits per heavy atom. The Morgan fingerprint density at radius 2 is 1.66 bits per heavy atom. The minimum absolute atomic E-state index is 0.176. The van der Waals surface area contributed by atoms with Gasteiger partial charge in [-0.1, -0.05) is 0 Å². The number of carboxylic acids is 1. The number of aryl methyl sites for hydroxylation is 2. The molecular weight excluding hydrogens is 372 g/mol. The quantitative estimate of drug-likeness (QED) is 0.575. The van der Waals surface area contributed by atoms with E-state index >= 15 is 0 Å². The average Bonchev–Trinajstić information content (AvgIpc) is 3.01. The minimum atomic E-state index is -0.995. The van der Waals surface area contributed by atoms with E-state index in [1.165, 1.54) is 0 Å². The second kappa shape index (κ2) is 6.70. The zero-order valence-corrected chi connectivity index (χ0v) is 16.5. The van der Waals surface area contributed by atoms with Crippen molar-refractivity contribution < 1.29 is 19.4 Å². The summed E-state index contributed by atoms with van der Waals surface area (Å²) in [6.45, 7) is 0. The Balaban J connectivity index is 2.11. The topological polar surface area (TPSA) is 82.7 Å². The van der Waals surface area contributed by atoms with Crippen LogP contribution in [0.25, 0.3) is 33.1 Å². The predicted octanol–water partition coefficient (Wildman–Crippen LogP) is 3.41. The van der Waals surface area contributed by atoms with Crippen molar-refractivity contribution in [2.45, 2.75) is 0 Å². The van der Waals surface area contributed by atoms with Crippen molar-refractivity contribution in [1.82, 2.24) is 9.13 Å². The Labute approximate surface area is 166 Å². The summed E-state index contributed by atoms with van der Waals surface area (Å²) in [6, 6.07) is 12.0. The highest BCUT2D eigenvalue weighted by Gasteiger charge is 2.19. The summed E-state index contributed by atoms with van der Waals surface area (Å²) in [7, 11) is 6.67. The maximum atomic E-state index is 13.2. The lowest BCUT2D eigenvalue weighted by atomic mass is 10.0. The van der Waals surface area contributed by atoms with Crippen molar-refractivity contribution in [1.29, 1.82) is 0 Å². The van der Waals surface area contributed by atoms with Crippen LogP contribution in [0, 0.1) is 0 Å². The molecule has 0 amide bonds. The van der Waals surface area contributed by atoms with Crippen LogP contribution in [0.1, 0.15) is 10.4 Å². The molecule has 1 N–H and O–H groups in total. The van der Waals surface area contributed by atoms with E-state index in [0.717, 1.165) is 16.3 Å². The summed E-state index contributed by atoms with van der Waals surface area (Å²) in [5.74, 6) is 0.151. The number of hydrogen-bond donors (Lipinski definition) is 1. The Bertz CT molecular complexity index is 1350. The molecule has 29 heavy (non-hydrogen) atoms. The van der Waals surface area contributed by atoms with Gasteiger partial charge in [0.1, 0.15) is 17.1 Å². The molecule has 0 fully saturated rings. The molecule has 0 aliphatic rings. The van der Waals surface area contributed by atoms with Crippen molar-refractivity contribution in [2.24, 2.45) is 14.1 Å². The van der Waals surface area contributed by atoms with Crippen molar-refractivity contribution in [3.05, 3.63) is 58.4 Å². The fourth-order valence-electron chi connectivity index (χ4n) is 3.84. The number of benzene rings is 2. The van der Waals surface area contributed by atoms with Crippen LogP contribution >= 0.6 is 0 Å². The van der Waals surface area contributed by atoms with E-state index in [2.05, 4.69) is 0 Å². The summed E-state index contributed by atoms with van der Waals surface area (Å²) >= 11 is 0. The largest absolute Gasteiger partial charge is 0.497 e. The Morgan fingerprint density at radius 3 is 2.31 bits per heavy atom. The molecule has 0 saturated carbocycles. The van der Waals surface area contributed by atoms with E-state index in [9.17, 15) is 14.7 Å². The van der Waals surface area contributed by atoms with Gasteiger partial charge in [0.05, 0.1) is 30.9 Å². The summed E-state index contributed by atoms with van der Waals surface area (Å²) in [6.07, 6.45) is 0. The second-order valence-corrected chi connectivity index (χ2v) is 6.82. The van der Waals surface area contributed by atoms with Crippen molar-refractivity contribution in [3.63, 3.8) is 0 Å². The number of methoxy groups -OCH3 is 2. The molecular formula is C22H20N2O5. The number of carboxylic acid groups (broad SMARTS) is 1. The second-order valence-electron chi connectivity index (χ2n) is 6.82. The van der Waals surface area contributed by atoms with E-state index < -0.39 is 5.97 Å². The first-order valence-electron chi connectivity index (χ1n) is 8.95. The number of aromatic carboxylic acids is 1. The van der Waals surface area contributed by atoms with Crippen LogP contribution in [-0.2, 0) is 14.1 Å². The van der Waals surface area contributed by atoms with Gasteiger partial charge >= 0.3 is 5.97 Å². The van der Waals surface area contributed by atoms with Gasteiger partial charge in [0.15, 0.2) is 0 Å². The lowest BCUT2D eigenvalue weighted by molar-refractivity contribution is 0.0697. The molecule has 0 atom stereocenters. The van der Waals surface area contributed by atoms with Gasteiger partial charge in [0.25, 0.3) is 5.56 Å². The van der Waals surface area contributed by atoms with Crippen molar-refractivity contribution in [2.75, 3.05) is 14.2 Å². The maximum absolute atomic E-state index is 13.2. The molecule has 0 radical (unpaired) electrons. The van der Waals surface area contributed by atoms with Crippen LogP contribution in [0.5, 0.6) is 11.5 Å². The van der Waals surface area contributed by atoms with Gasteiger partial charge in [-0.15, -0.1) is 0 Å². The van der Waals surface area contributed by atoms with Crippen molar-refractivity contribution in [3.8, 4) is 22.6 Å². The standard InChI is InChI=1S/C22H20N2O5/c1-23-18-8-5-12(22(26)27)9-15(18)16-11-17(21(25)24(2)20(16)23)14-7-6-13(28-3)10-19(14)29-4/h5-11H,1-4H3,(H,26,27). The number of aromatic nitrogens is 2. The zero-order valence-electron chi connectivity index (χ0n) is 16.5. The van der Waals surface area contributed by atoms with E-state index in [-0.39, 0.29) is 11.1 Å². The SMILES string of the molecule is COc1ccc(-c2cc3c4cc(C(=O)O)ccc4n(C)c3n(C)c2=O)c(OC)c1. The Kier molecular flexibility index (Phi) is 4.30. The van der Waals surface area contributed by atoms with Gasteiger partial charge < -0.3 is 19.1 Å². The molecule has 4 aromatic rings. The molecule has 2 aromatic heterocycles. The molecule has 4 rings (SSSR count). The van der Waals surface area contributed by atoms with Gasteiger partial charge in [-0.3, -0.25) is 9.36 Å². The summed E-state index contributed by atoms with van der Waals surface area (Å²) < 4.78 is 14.2. The number of ether oxygens (including phenoxy) is 2. The first-order chi connectivity index (χ1) is 13.9. The first-order valence-corrected chi connectivity index (χ1v) is 8.95. The third kappa shape index (κ3) is 2.74. The van der Waals surface area contributed by atoms with Gasteiger partial charge in [-0.2, -0.15) is 0 Å². The van der Waals surface area contributed by atoms with E-state index in [1.807, 2.05) is 11.6 Å². The molecule has 0 bridgehead atoms. The average molecular weight is 392 g/mol. The lowest BCUT2D eigenvalue weighted by Crippen LogP contribution is -2.20. The summed E-state index contributed by atoms with van der Waals surface area (Å²) in [5.41, 5.74) is 2.69. The number of nitrogens with zero attached hydrogens (tertiary/aromatic N) is 2. The predicted molar refractivity (Wildman–Crippen MR) is 111 cm³/mol. The molecule has 7 heteroatoms. The van der Waals surface area contributed by atoms with Gasteiger partial charge in [0, 0.05) is 36.5 Å². The van der Waals surface area contributed by atoms with Gasteiger partial charge in [-0.05, 0) is 36.4 Å². The maximum Gasteiger partial charge on any atom is 0.335 e. The van der Waals surface area contributed by atoms with Crippen LogP contribution in [0.3, 0.4) is 0 Å². The molecule has 7 nitrogen and oxygen atoms in total. The molecule has 2 heterocycles. The zero-order chi connectivity index (χ0) is 20.9. The fourth-order valence-corrected chi connectivity index (χ4v) is 3.84. The molecule has 2 aromatic carbocycles. The number of rotatable bonds is 4. The van der Waals surface area contributed by atoms with Crippen LogP contribution in [-0.4, -0.2) is 34.4 Å². The minimum Gasteiger partial charge on any atom is -0.497 e. The fraction of sp³-hybridized carbons (Fsp3) is 0.182. The molecule has 0 aliphatic carbocycles. The highest BCUT2D eigenvalue weighted by atomic mass is 16.5. The van der Waals surface area contributed by atoms with Gasteiger partial charge in [-0.25, -0.2) is 4.79 Å². The lowest BCUT2D eigenvalue weighted by Gasteiger charge is -2.12. The molecule has 148 valence electrons. The van der Waals surface area contributed by atoms with Crippen LogP contribution in [0.15, 0.2) is 47.3 Å². The molecule has 0 aliphatic heterocycles. The Hall–Kier alpha value is -3.74. The third-order valence-corrected chi connectivity index (χ3v) is 5.29. The molecule has 0 saturated heterocycles.